The quantitative estimate of drug-likeness (QED) is 0.598. The SMILES string of the molecule is CCC(C)(Cl)C(=O)OCC(C)(C)c1ccccc1. The fraction of sp³-hybridized carbons (Fsp3) is 0.533. The van der Waals surface area contributed by atoms with Crippen LogP contribution in [0, 0.1) is 0 Å². The number of halogens is 1. The molecule has 0 aliphatic heterocycles. The normalized spacial score (nSPS) is 14.9. The van der Waals surface area contributed by atoms with Gasteiger partial charge in [-0.15, -0.1) is 11.6 Å². The van der Waals surface area contributed by atoms with Gasteiger partial charge in [-0.3, -0.25) is 4.79 Å². The number of alkyl halides is 1. The Morgan fingerprint density at radius 1 is 1.22 bits per heavy atom. The van der Waals surface area contributed by atoms with Crippen LogP contribution in [-0.2, 0) is 14.9 Å². The highest BCUT2D eigenvalue weighted by molar-refractivity contribution is 6.33. The van der Waals surface area contributed by atoms with Crippen molar-refractivity contribution < 1.29 is 9.53 Å². The Morgan fingerprint density at radius 3 is 2.28 bits per heavy atom. The van der Waals surface area contributed by atoms with E-state index >= 15 is 0 Å². The van der Waals surface area contributed by atoms with E-state index in [4.69, 9.17) is 16.3 Å². The van der Waals surface area contributed by atoms with Crippen LogP contribution < -0.4 is 0 Å². The molecule has 0 spiro atoms. The molecule has 0 saturated carbocycles. The van der Waals surface area contributed by atoms with Crippen molar-refractivity contribution in [1.29, 1.82) is 0 Å². The number of benzene rings is 1. The fourth-order valence-electron chi connectivity index (χ4n) is 1.51. The van der Waals surface area contributed by atoms with Gasteiger partial charge in [0.2, 0.25) is 0 Å². The van der Waals surface area contributed by atoms with Gasteiger partial charge in [0.05, 0.1) is 0 Å². The van der Waals surface area contributed by atoms with Gasteiger partial charge in [0, 0.05) is 5.41 Å². The molecule has 2 nitrogen and oxygen atoms in total. The molecule has 1 rings (SSSR count). The highest BCUT2D eigenvalue weighted by atomic mass is 35.5. The third kappa shape index (κ3) is 3.74. The smallest absolute Gasteiger partial charge is 0.326 e. The molecule has 0 radical (unpaired) electrons. The predicted molar refractivity (Wildman–Crippen MR) is 75.0 cm³/mol. The number of hydrogen-bond donors (Lipinski definition) is 0. The summed E-state index contributed by atoms with van der Waals surface area (Å²) >= 11 is 6.07. The van der Waals surface area contributed by atoms with E-state index in [2.05, 4.69) is 0 Å². The third-order valence-corrected chi connectivity index (χ3v) is 3.63. The first-order valence-corrected chi connectivity index (χ1v) is 6.59. The van der Waals surface area contributed by atoms with Crippen LogP contribution in [-0.4, -0.2) is 17.5 Å². The Morgan fingerprint density at radius 2 is 1.78 bits per heavy atom. The van der Waals surface area contributed by atoms with Crippen molar-refractivity contribution >= 4 is 17.6 Å². The van der Waals surface area contributed by atoms with Gasteiger partial charge in [-0.05, 0) is 18.9 Å². The van der Waals surface area contributed by atoms with E-state index in [-0.39, 0.29) is 11.4 Å². The maximum absolute atomic E-state index is 11.8. The molecule has 0 saturated heterocycles. The van der Waals surface area contributed by atoms with E-state index in [0.717, 1.165) is 5.56 Å². The van der Waals surface area contributed by atoms with Gasteiger partial charge in [-0.2, -0.15) is 0 Å². The lowest BCUT2D eigenvalue weighted by atomic mass is 9.85. The zero-order valence-electron chi connectivity index (χ0n) is 11.5. The Hall–Kier alpha value is -1.02. The van der Waals surface area contributed by atoms with E-state index in [1.807, 2.05) is 51.1 Å². The molecule has 1 atom stereocenters. The van der Waals surface area contributed by atoms with Gasteiger partial charge >= 0.3 is 5.97 Å². The van der Waals surface area contributed by atoms with Crippen molar-refractivity contribution in [3.63, 3.8) is 0 Å². The van der Waals surface area contributed by atoms with Crippen LogP contribution in [0.3, 0.4) is 0 Å². The Labute approximate surface area is 114 Å². The summed E-state index contributed by atoms with van der Waals surface area (Å²) in [5, 5.41) is 0. The van der Waals surface area contributed by atoms with Gasteiger partial charge in [0.15, 0.2) is 0 Å². The molecular weight excluding hydrogens is 248 g/mol. The first kappa shape index (κ1) is 15.0. The second-order valence-electron chi connectivity index (χ2n) is 5.38. The van der Waals surface area contributed by atoms with E-state index in [1.54, 1.807) is 6.92 Å². The highest BCUT2D eigenvalue weighted by Crippen LogP contribution is 2.26. The summed E-state index contributed by atoms with van der Waals surface area (Å²) in [6.07, 6.45) is 0.555. The number of hydrogen-bond acceptors (Lipinski definition) is 2. The van der Waals surface area contributed by atoms with Crippen molar-refractivity contribution in [1.82, 2.24) is 0 Å². The second kappa shape index (κ2) is 5.75. The Kier molecular flexibility index (Phi) is 4.80. The molecule has 1 aromatic rings. The predicted octanol–water partition coefficient (Wildman–Crippen LogP) is 3.91. The topological polar surface area (TPSA) is 26.3 Å². The van der Waals surface area contributed by atoms with E-state index in [1.165, 1.54) is 0 Å². The van der Waals surface area contributed by atoms with Gasteiger partial charge in [-0.1, -0.05) is 51.1 Å². The molecule has 0 bridgehead atoms. The van der Waals surface area contributed by atoms with Crippen LogP contribution >= 0.6 is 11.6 Å². The molecule has 0 amide bonds. The summed E-state index contributed by atoms with van der Waals surface area (Å²) in [5.41, 5.74) is 0.933. The Balaban J connectivity index is 2.66. The monoisotopic (exact) mass is 268 g/mol. The molecule has 100 valence electrons. The molecule has 1 aromatic carbocycles. The lowest BCUT2D eigenvalue weighted by molar-refractivity contribution is -0.148. The van der Waals surface area contributed by atoms with Crippen molar-refractivity contribution in [3.05, 3.63) is 35.9 Å². The number of esters is 1. The number of carbonyl (C=O) groups excluding carboxylic acids is 1. The molecule has 0 aliphatic rings. The molecule has 3 heteroatoms. The average molecular weight is 269 g/mol. The summed E-state index contributed by atoms with van der Waals surface area (Å²) in [5.74, 6) is -0.351. The Bertz CT molecular complexity index is 396. The minimum atomic E-state index is -0.924. The molecule has 0 heterocycles. The summed E-state index contributed by atoms with van der Waals surface area (Å²) in [7, 11) is 0. The van der Waals surface area contributed by atoms with Crippen molar-refractivity contribution in [3.8, 4) is 0 Å². The van der Waals surface area contributed by atoms with Gasteiger partial charge < -0.3 is 4.74 Å². The zero-order chi connectivity index (χ0) is 13.8. The average Bonchev–Trinajstić information content (AvgIpc) is 2.37. The van der Waals surface area contributed by atoms with Crippen LogP contribution in [0.5, 0.6) is 0 Å². The first-order valence-electron chi connectivity index (χ1n) is 6.21. The molecule has 0 fully saturated rings. The largest absolute Gasteiger partial charge is 0.463 e. The lowest BCUT2D eigenvalue weighted by Crippen LogP contribution is -2.34. The van der Waals surface area contributed by atoms with Crippen molar-refractivity contribution in [2.75, 3.05) is 6.61 Å². The van der Waals surface area contributed by atoms with E-state index < -0.39 is 4.87 Å². The number of rotatable bonds is 5. The molecule has 18 heavy (non-hydrogen) atoms. The van der Waals surface area contributed by atoms with Crippen LogP contribution in [0.4, 0.5) is 0 Å². The summed E-state index contributed by atoms with van der Waals surface area (Å²) in [6, 6.07) is 10.0. The van der Waals surface area contributed by atoms with Crippen LogP contribution in [0.2, 0.25) is 0 Å². The molecule has 0 aromatic heterocycles. The van der Waals surface area contributed by atoms with Gasteiger partial charge in [0.25, 0.3) is 0 Å². The maximum Gasteiger partial charge on any atom is 0.326 e. The highest BCUT2D eigenvalue weighted by Gasteiger charge is 2.32. The fourth-order valence-corrected chi connectivity index (χ4v) is 1.57. The van der Waals surface area contributed by atoms with Crippen LogP contribution in [0.1, 0.15) is 39.7 Å². The molecule has 1 unspecified atom stereocenters. The number of ether oxygens (including phenoxy) is 1. The summed E-state index contributed by atoms with van der Waals surface area (Å²) in [4.78, 5) is 10.9. The van der Waals surface area contributed by atoms with Gasteiger partial charge in [-0.25, -0.2) is 0 Å². The van der Waals surface area contributed by atoms with Crippen LogP contribution in [0.15, 0.2) is 30.3 Å². The third-order valence-electron chi connectivity index (χ3n) is 3.21. The second-order valence-corrected chi connectivity index (χ2v) is 6.21. The van der Waals surface area contributed by atoms with Crippen molar-refractivity contribution in [2.45, 2.75) is 44.4 Å². The number of carbonyl (C=O) groups is 1. The minimum absolute atomic E-state index is 0.211. The zero-order valence-corrected chi connectivity index (χ0v) is 12.3. The maximum atomic E-state index is 11.8. The lowest BCUT2D eigenvalue weighted by Gasteiger charge is -2.27. The minimum Gasteiger partial charge on any atom is -0.463 e. The van der Waals surface area contributed by atoms with E-state index in [9.17, 15) is 4.79 Å². The molecule has 0 N–H and O–H groups in total. The first-order chi connectivity index (χ1) is 8.29. The van der Waals surface area contributed by atoms with Gasteiger partial charge in [0.1, 0.15) is 11.5 Å². The van der Waals surface area contributed by atoms with Crippen molar-refractivity contribution in [2.24, 2.45) is 0 Å². The molecular formula is C15H21ClO2. The van der Waals surface area contributed by atoms with Crippen LogP contribution in [0.25, 0.3) is 0 Å². The summed E-state index contributed by atoms with van der Waals surface area (Å²) < 4.78 is 5.35. The molecule has 0 aliphatic carbocycles. The van der Waals surface area contributed by atoms with E-state index in [0.29, 0.717) is 13.0 Å². The summed E-state index contributed by atoms with van der Waals surface area (Å²) in [6.45, 7) is 7.99. The standard InChI is InChI=1S/C15H21ClO2/c1-5-15(4,16)13(17)18-11-14(2,3)12-9-7-6-8-10-12/h6-10H,5,11H2,1-4H3.